The molecule has 0 radical (unpaired) electrons. The van der Waals surface area contributed by atoms with Crippen LogP contribution in [0, 0.1) is 17.5 Å². The first-order valence-corrected chi connectivity index (χ1v) is 12.0. The molecule has 2 nitrogen and oxygen atoms in total. The summed E-state index contributed by atoms with van der Waals surface area (Å²) in [5.41, 5.74) is 3.47. The number of halogens is 3. The third-order valence-corrected chi connectivity index (χ3v) is 6.21. The highest BCUT2D eigenvalue weighted by Crippen LogP contribution is 2.27. The molecule has 184 valence electrons. The fourth-order valence-corrected chi connectivity index (χ4v) is 4.24. The van der Waals surface area contributed by atoms with Crippen LogP contribution >= 0.6 is 0 Å². The third-order valence-electron chi connectivity index (χ3n) is 6.21. The maximum atomic E-state index is 14.8. The first kappa shape index (κ1) is 25.2. The van der Waals surface area contributed by atoms with Crippen molar-refractivity contribution in [1.82, 2.24) is 0 Å². The predicted octanol–water partition coefficient (Wildman–Crippen LogP) is 8.29. The molecule has 0 heterocycles. The number of carbonyl (C=O) groups excluding carboxylic acids is 1. The fourth-order valence-electron chi connectivity index (χ4n) is 4.24. The molecule has 5 heteroatoms. The van der Waals surface area contributed by atoms with Gasteiger partial charge in [0, 0.05) is 17.7 Å². The average molecular weight is 489 g/mol. The fraction of sp³-hybridized carbons (Fsp3) is 0.194. The summed E-state index contributed by atoms with van der Waals surface area (Å²) >= 11 is 0. The summed E-state index contributed by atoms with van der Waals surface area (Å²) in [7, 11) is 0. The second-order valence-electron chi connectivity index (χ2n) is 8.91. The van der Waals surface area contributed by atoms with Crippen LogP contribution in [0.1, 0.15) is 53.2 Å². The van der Waals surface area contributed by atoms with Crippen LogP contribution in [0.3, 0.4) is 0 Å². The SMILES string of the molecule is CCCc1c(F)cc(OC(=O)c2ccc(-c3ccc(C[C@@H](C)c4ccccc4)cc3)cc2F)cc1F. The summed E-state index contributed by atoms with van der Waals surface area (Å²) in [6.07, 6.45) is 1.68. The molecule has 1 atom stereocenters. The van der Waals surface area contributed by atoms with E-state index in [2.05, 4.69) is 19.1 Å². The van der Waals surface area contributed by atoms with E-state index < -0.39 is 23.4 Å². The van der Waals surface area contributed by atoms with Gasteiger partial charge in [-0.25, -0.2) is 18.0 Å². The summed E-state index contributed by atoms with van der Waals surface area (Å²) in [5.74, 6) is -3.33. The quantitative estimate of drug-likeness (QED) is 0.184. The van der Waals surface area contributed by atoms with Crippen molar-refractivity contribution in [3.05, 3.63) is 125 Å². The molecule has 0 aliphatic carbocycles. The van der Waals surface area contributed by atoms with Crippen LogP contribution in [0.2, 0.25) is 0 Å². The van der Waals surface area contributed by atoms with E-state index in [-0.39, 0.29) is 23.3 Å². The van der Waals surface area contributed by atoms with Gasteiger partial charge in [0.25, 0.3) is 0 Å². The minimum atomic E-state index is -1.02. The van der Waals surface area contributed by atoms with Crippen molar-refractivity contribution in [2.75, 3.05) is 0 Å². The Morgan fingerprint density at radius 3 is 2.06 bits per heavy atom. The van der Waals surface area contributed by atoms with E-state index in [1.165, 1.54) is 23.3 Å². The number of ether oxygens (including phenoxy) is 1. The summed E-state index contributed by atoms with van der Waals surface area (Å²) < 4.78 is 48.2. The van der Waals surface area contributed by atoms with Gasteiger partial charge in [0.15, 0.2) is 0 Å². The lowest BCUT2D eigenvalue weighted by Gasteiger charge is -2.13. The molecule has 0 aromatic heterocycles. The van der Waals surface area contributed by atoms with E-state index in [0.29, 0.717) is 17.9 Å². The number of esters is 1. The number of hydrogen-bond donors (Lipinski definition) is 0. The Hall–Kier alpha value is -3.86. The molecule has 4 aromatic rings. The lowest BCUT2D eigenvalue weighted by molar-refractivity contribution is 0.0729. The smallest absolute Gasteiger partial charge is 0.346 e. The molecular weight excluding hydrogens is 461 g/mol. The Morgan fingerprint density at radius 1 is 0.806 bits per heavy atom. The van der Waals surface area contributed by atoms with Gasteiger partial charge in [-0.05, 0) is 53.1 Å². The minimum absolute atomic E-state index is 0.0617. The number of hydrogen-bond acceptors (Lipinski definition) is 2. The van der Waals surface area contributed by atoms with Crippen molar-refractivity contribution in [1.29, 1.82) is 0 Å². The van der Waals surface area contributed by atoms with Gasteiger partial charge in [0.05, 0.1) is 5.56 Å². The Morgan fingerprint density at radius 2 is 1.44 bits per heavy atom. The van der Waals surface area contributed by atoms with Crippen molar-refractivity contribution >= 4 is 5.97 Å². The zero-order valence-corrected chi connectivity index (χ0v) is 20.2. The summed E-state index contributed by atoms with van der Waals surface area (Å²) in [6, 6.07) is 24.2. The van der Waals surface area contributed by atoms with E-state index in [9.17, 15) is 18.0 Å². The topological polar surface area (TPSA) is 26.3 Å². The van der Waals surface area contributed by atoms with Gasteiger partial charge in [0.1, 0.15) is 23.2 Å². The van der Waals surface area contributed by atoms with Crippen molar-refractivity contribution < 1.29 is 22.7 Å². The maximum Gasteiger partial charge on any atom is 0.346 e. The van der Waals surface area contributed by atoms with Crippen molar-refractivity contribution in [2.24, 2.45) is 0 Å². The van der Waals surface area contributed by atoms with Crippen molar-refractivity contribution in [3.8, 4) is 16.9 Å². The molecule has 0 amide bonds. The van der Waals surface area contributed by atoms with Crippen LogP contribution in [-0.2, 0) is 12.8 Å². The van der Waals surface area contributed by atoms with E-state index in [0.717, 1.165) is 24.1 Å². The van der Waals surface area contributed by atoms with E-state index in [4.69, 9.17) is 4.74 Å². The van der Waals surface area contributed by atoms with Crippen molar-refractivity contribution in [2.45, 2.75) is 39.0 Å². The Kier molecular flexibility index (Phi) is 7.89. The molecule has 0 fully saturated rings. The first-order chi connectivity index (χ1) is 17.4. The molecule has 0 unspecified atom stereocenters. The van der Waals surface area contributed by atoms with Gasteiger partial charge >= 0.3 is 5.97 Å². The van der Waals surface area contributed by atoms with Gasteiger partial charge in [-0.3, -0.25) is 0 Å². The van der Waals surface area contributed by atoms with Gasteiger partial charge in [0.2, 0.25) is 0 Å². The Bertz CT molecular complexity index is 1330. The molecule has 0 N–H and O–H groups in total. The Labute approximate surface area is 209 Å². The molecule has 36 heavy (non-hydrogen) atoms. The molecular formula is C31H27F3O2. The van der Waals surface area contributed by atoms with E-state index in [1.807, 2.05) is 42.5 Å². The zero-order valence-electron chi connectivity index (χ0n) is 20.2. The highest BCUT2D eigenvalue weighted by atomic mass is 19.1. The zero-order chi connectivity index (χ0) is 25.7. The van der Waals surface area contributed by atoms with E-state index >= 15 is 0 Å². The largest absolute Gasteiger partial charge is 0.423 e. The molecule has 0 aliphatic rings. The Balaban J connectivity index is 1.45. The predicted molar refractivity (Wildman–Crippen MR) is 136 cm³/mol. The molecule has 0 spiro atoms. The highest BCUT2D eigenvalue weighted by Gasteiger charge is 2.18. The third kappa shape index (κ3) is 5.85. The average Bonchev–Trinajstić information content (AvgIpc) is 2.87. The lowest BCUT2D eigenvalue weighted by atomic mass is 9.93. The second kappa shape index (κ2) is 11.3. The van der Waals surface area contributed by atoms with Gasteiger partial charge in [-0.15, -0.1) is 0 Å². The molecule has 0 bridgehead atoms. The van der Waals surface area contributed by atoms with Crippen molar-refractivity contribution in [3.63, 3.8) is 0 Å². The number of rotatable bonds is 8. The standard InChI is InChI=1S/C31H27F3O2/c1-3-7-26-29(33)18-25(19-30(26)34)36-31(35)27-15-14-24(17-28(27)32)23-12-10-21(11-13-23)16-20(2)22-8-5-4-6-9-22/h4-6,8-15,17-20H,3,7,16H2,1-2H3/t20-/m1/s1. The summed E-state index contributed by atoms with van der Waals surface area (Å²) in [5, 5.41) is 0. The van der Waals surface area contributed by atoms with Crippen LogP contribution < -0.4 is 4.74 Å². The van der Waals surface area contributed by atoms with Gasteiger partial charge < -0.3 is 4.74 Å². The number of benzene rings is 4. The van der Waals surface area contributed by atoms with Crippen LogP contribution in [0.5, 0.6) is 5.75 Å². The number of carbonyl (C=O) groups is 1. The molecule has 4 rings (SSSR count). The molecule has 0 aliphatic heterocycles. The molecule has 4 aromatic carbocycles. The monoisotopic (exact) mass is 488 g/mol. The lowest BCUT2D eigenvalue weighted by Crippen LogP contribution is -2.11. The van der Waals surface area contributed by atoms with E-state index in [1.54, 1.807) is 13.0 Å². The van der Waals surface area contributed by atoms with Gasteiger partial charge in [-0.2, -0.15) is 0 Å². The normalized spacial score (nSPS) is 11.8. The van der Waals surface area contributed by atoms with Crippen LogP contribution in [0.25, 0.3) is 11.1 Å². The highest BCUT2D eigenvalue weighted by molar-refractivity contribution is 5.92. The molecule has 0 saturated carbocycles. The minimum Gasteiger partial charge on any atom is -0.423 e. The molecule has 0 saturated heterocycles. The van der Waals surface area contributed by atoms with Crippen LogP contribution in [0.15, 0.2) is 84.9 Å². The summed E-state index contributed by atoms with van der Waals surface area (Å²) in [6.45, 7) is 3.98. The maximum absolute atomic E-state index is 14.8. The van der Waals surface area contributed by atoms with Gasteiger partial charge in [-0.1, -0.05) is 80.9 Å². The van der Waals surface area contributed by atoms with Crippen LogP contribution in [0.4, 0.5) is 13.2 Å². The second-order valence-corrected chi connectivity index (χ2v) is 8.91. The first-order valence-electron chi connectivity index (χ1n) is 12.0. The summed E-state index contributed by atoms with van der Waals surface area (Å²) in [4.78, 5) is 12.5. The van der Waals surface area contributed by atoms with Crippen LogP contribution in [-0.4, -0.2) is 5.97 Å².